The number of carbonyl (C=O) groups excluding carboxylic acids is 1. The number of rotatable bonds is 10. The fourth-order valence-electron chi connectivity index (χ4n) is 1.93. The van der Waals surface area contributed by atoms with Gasteiger partial charge in [-0.15, -0.1) is 11.3 Å². The van der Waals surface area contributed by atoms with Gasteiger partial charge in [0, 0.05) is 11.3 Å². The van der Waals surface area contributed by atoms with Gasteiger partial charge in [-0.05, 0) is 17.9 Å². The minimum Gasteiger partial charge on any atom is -0.351 e. The van der Waals surface area contributed by atoms with Crippen molar-refractivity contribution >= 4 is 17.2 Å². The molecule has 102 valence electrons. The van der Waals surface area contributed by atoms with E-state index in [4.69, 9.17) is 0 Å². The summed E-state index contributed by atoms with van der Waals surface area (Å²) in [5.74, 6) is 0.192. The third kappa shape index (κ3) is 7.49. The molecule has 3 heteroatoms. The number of carbonyl (C=O) groups is 1. The zero-order valence-corrected chi connectivity index (χ0v) is 12.2. The van der Waals surface area contributed by atoms with Gasteiger partial charge in [0.1, 0.15) is 0 Å². The summed E-state index contributed by atoms with van der Waals surface area (Å²) in [6.07, 6.45) is 9.49. The third-order valence-electron chi connectivity index (χ3n) is 3.05. The van der Waals surface area contributed by atoms with E-state index in [0.717, 1.165) is 6.42 Å². The normalized spacial score (nSPS) is 10.5. The molecule has 0 aliphatic carbocycles. The predicted octanol–water partition coefficient (Wildman–Crippen LogP) is 4.51. The molecule has 0 spiro atoms. The van der Waals surface area contributed by atoms with Crippen LogP contribution in [0.25, 0.3) is 0 Å². The van der Waals surface area contributed by atoms with Crippen molar-refractivity contribution in [1.29, 1.82) is 0 Å². The van der Waals surface area contributed by atoms with Crippen LogP contribution < -0.4 is 5.32 Å². The first-order valence-electron chi connectivity index (χ1n) is 7.12. The molecule has 1 N–H and O–H groups in total. The predicted molar refractivity (Wildman–Crippen MR) is 78.8 cm³/mol. The van der Waals surface area contributed by atoms with Crippen LogP contribution in [0, 0.1) is 0 Å². The molecule has 0 saturated heterocycles. The second kappa shape index (κ2) is 10.1. The van der Waals surface area contributed by atoms with Crippen LogP contribution in [-0.4, -0.2) is 5.91 Å². The third-order valence-corrected chi connectivity index (χ3v) is 3.92. The van der Waals surface area contributed by atoms with Gasteiger partial charge in [0.25, 0.3) is 0 Å². The highest BCUT2D eigenvalue weighted by Gasteiger charge is 2.01. The lowest BCUT2D eigenvalue weighted by Gasteiger charge is -2.04. The van der Waals surface area contributed by atoms with E-state index in [1.807, 2.05) is 11.4 Å². The van der Waals surface area contributed by atoms with Crippen LogP contribution in [0.5, 0.6) is 0 Å². The Balaban J connectivity index is 1.90. The van der Waals surface area contributed by atoms with Gasteiger partial charge in [-0.1, -0.05) is 51.5 Å². The lowest BCUT2D eigenvalue weighted by molar-refractivity contribution is -0.121. The van der Waals surface area contributed by atoms with Gasteiger partial charge in [0.2, 0.25) is 5.91 Å². The Morgan fingerprint density at radius 2 is 1.89 bits per heavy atom. The molecule has 0 aliphatic rings. The fraction of sp³-hybridized carbons (Fsp3) is 0.667. The second-order valence-electron chi connectivity index (χ2n) is 4.73. The summed E-state index contributed by atoms with van der Waals surface area (Å²) in [6.45, 7) is 2.92. The summed E-state index contributed by atoms with van der Waals surface area (Å²) in [6, 6.07) is 4.07. The molecule has 1 amide bonds. The number of amides is 1. The maximum atomic E-state index is 11.6. The lowest BCUT2D eigenvalue weighted by Crippen LogP contribution is -2.21. The van der Waals surface area contributed by atoms with E-state index in [0.29, 0.717) is 13.0 Å². The summed E-state index contributed by atoms with van der Waals surface area (Å²) in [5.41, 5.74) is 0. The Morgan fingerprint density at radius 1 is 1.17 bits per heavy atom. The molecule has 1 aromatic heterocycles. The maximum Gasteiger partial charge on any atom is 0.220 e. The Hall–Kier alpha value is -0.830. The van der Waals surface area contributed by atoms with Gasteiger partial charge in [0.05, 0.1) is 6.54 Å². The fourth-order valence-corrected chi connectivity index (χ4v) is 2.57. The van der Waals surface area contributed by atoms with E-state index in [9.17, 15) is 4.79 Å². The first-order valence-corrected chi connectivity index (χ1v) is 8.00. The molecular weight excluding hydrogens is 242 g/mol. The average Bonchev–Trinajstić information content (AvgIpc) is 2.88. The van der Waals surface area contributed by atoms with E-state index >= 15 is 0 Å². The molecule has 1 rings (SSSR count). The monoisotopic (exact) mass is 267 g/mol. The van der Waals surface area contributed by atoms with Crippen LogP contribution >= 0.6 is 11.3 Å². The van der Waals surface area contributed by atoms with Crippen LogP contribution in [0.15, 0.2) is 17.5 Å². The Morgan fingerprint density at radius 3 is 2.56 bits per heavy atom. The Labute approximate surface area is 115 Å². The van der Waals surface area contributed by atoms with Crippen molar-refractivity contribution in [3.8, 4) is 0 Å². The van der Waals surface area contributed by atoms with Gasteiger partial charge in [-0.2, -0.15) is 0 Å². The molecule has 18 heavy (non-hydrogen) atoms. The van der Waals surface area contributed by atoms with E-state index in [-0.39, 0.29) is 5.91 Å². The number of thiophene rings is 1. The average molecular weight is 267 g/mol. The zero-order chi connectivity index (χ0) is 13.1. The highest BCUT2D eigenvalue weighted by molar-refractivity contribution is 7.09. The van der Waals surface area contributed by atoms with Gasteiger partial charge in [-0.3, -0.25) is 4.79 Å². The van der Waals surface area contributed by atoms with E-state index in [1.54, 1.807) is 11.3 Å². The minimum atomic E-state index is 0.192. The summed E-state index contributed by atoms with van der Waals surface area (Å²) >= 11 is 1.69. The molecule has 0 unspecified atom stereocenters. The molecule has 0 saturated carbocycles. The quantitative estimate of drug-likeness (QED) is 0.621. The second-order valence-corrected chi connectivity index (χ2v) is 5.76. The Bertz CT molecular complexity index is 308. The van der Waals surface area contributed by atoms with Crippen molar-refractivity contribution < 1.29 is 4.79 Å². The number of hydrogen-bond donors (Lipinski definition) is 1. The van der Waals surface area contributed by atoms with Crippen molar-refractivity contribution in [2.45, 2.75) is 64.8 Å². The summed E-state index contributed by atoms with van der Waals surface area (Å²) in [7, 11) is 0. The van der Waals surface area contributed by atoms with Gasteiger partial charge in [-0.25, -0.2) is 0 Å². The summed E-state index contributed by atoms with van der Waals surface area (Å²) in [4.78, 5) is 12.8. The first-order chi connectivity index (χ1) is 8.83. The van der Waals surface area contributed by atoms with Gasteiger partial charge < -0.3 is 5.32 Å². The van der Waals surface area contributed by atoms with Crippen molar-refractivity contribution in [1.82, 2.24) is 5.32 Å². The van der Waals surface area contributed by atoms with Gasteiger partial charge in [0.15, 0.2) is 0 Å². The molecule has 1 heterocycles. The SMILES string of the molecule is CCCCCCCCCC(=O)NCc1cccs1. The molecule has 2 nitrogen and oxygen atoms in total. The molecule has 1 aromatic rings. The molecular formula is C15H25NOS. The number of hydrogen-bond acceptors (Lipinski definition) is 2. The molecule has 0 bridgehead atoms. The summed E-state index contributed by atoms with van der Waals surface area (Å²) < 4.78 is 0. The molecule has 0 aromatic carbocycles. The van der Waals surface area contributed by atoms with Crippen LogP contribution in [0.4, 0.5) is 0 Å². The van der Waals surface area contributed by atoms with Crippen molar-refractivity contribution in [2.24, 2.45) is 0 Å². The summed E-state index contributed by atoms with van der Waals surface area (Å²) in [5, 5.41) is 5.01. The maximum absolute atomic E-state index is 11.6. The largest absolute Gasteiger partial charge is 0.351 e. The highest BCUT2D eigenvalue weighted by Crippen LogP contribution is 2.09. The minimum absolute atomic E-state index is 0.192. The lowest BCUT2D eigenvalue weighted by atomic mass is 10.1. The molecule has 0 radical (unpaired) electrons. The van der Waals surface area contributed by atoms with Gasteiger partial charge >= 0.3 is 0 Å². The van der Waals surface area contributed by atoms with E-state index in [1.165, 1.54) is 43.4 Å². The smallest absolute Gasteiger partial charge is 0.220 e. The number of unbranched alkanes of at least 4 members (excludes halogenated alkanes) is 6. The Kier molecular flexibility index (Phi) is 8.57. The molecule has 0 atom stereocenters. The van der Waals surface area contributed by atoms with Crippen molar-refractivity contribution in [2.75, 3.05) is 0 Å². The highest BCUT2D eigenvalue weighted by atomic mass is 32.1. The van der Waals surface area contributed by atoms with Crippen LogP contribution in [0.1, 0.15) is 63.2 Å². The standard InChI is InChI=1S/C15H25NOS/c1-2-3-4-5-6-7-8-11-15(17)16-13-14-10-9-12-18-14/h9-10,12H,2-8,11,13H2,1H3,(H,16,17). The van der Waals surface area contributed by atoms with Crippen molar-refractivity contribution in [3.05, 3.63) is 22.4 Å². The van der Waals surface area contributed by atoms with E-state index in [2.05, 4.69) is 18.3 Å². The zero-order valence-electron chi connectivity index (χ0n) is 11.4. The first kappa shape index (κ1) is 15.2. The van der Waals surface area contributed by atoms with E-state index < -0.39 is 0 Å². The molecule has 0 aliphatic heterocycles. The topological polar surface area (TPSA) is 29.1 Å². The van der Waals surface area contributed by atoms with Crippen LogP contribution in [0.3, 0.4) is 0 Å². The van der Waals surface area contributed by atoms with Crippen LogP contribution in [-0.2, 0) is 11.3 Å². The van der Waals surface area contributed by atoms with Crippen molar-refractivity contribution in [3.63, 3.8) is 0 Å². The number of nitrogens with one attached hydrogen (secondary N) is 1. The van der Waals surface area contributed by atoms with Crippen LogP contribution in [0.2, 0.25) is 0 Å². The molecule has 0 fully saturated rings.